The molecule has 2 heterocycles. The van der Waals surface area contributed by atoms with Gasteiger partial charge in [-0.3, -0.25) is 0 Å². The Morgan fingerprint density at radius 3 is 2.69 bits per heavy atom. The second kappa shape index (κ2) is 7.17. The molecule has 6 nitrogen and oxygen atoms in total. The van der Waals surface area contributed by atoms with E-state index in [1.807, 2.05) is 0 Å². The summed E-state index contributed by atoms with van der Waals surface area (Å²) in [6.45, 7) is 2.36. The van der Waals surface area contributed by atoms with Crippen LogP contribution in [0.15, 0.2) is 30.3 Å². The van der Waals surface area contributed by atoms with E-state index < -0.39 is 15.6 Å². The molecule has 0 radical (unpaired) electrons. The maximum atomic E-state index is 13.0. The predicted octanol–water partition coefficient (Wildman–Crippen LogP) is 4.68. The highest BCUT2D eigenvalue weighted by Gasteiger charge is 2.49. The van der Waals surface area contributed by atoms with E-state index in [0.717, 1.165) is 12.8 Å². The molecule has 156 valence electrons. The molecular formula is C19H19F3N2O4S. The number of halogens is 3. The number of alkyl halides is 3. The number of ether oxygens (including phenoxy) is 1. The monoisotopic (exact) mass is 428 g/mol. The second-order valence-corrected chi connectivity index (χ2v) is 8.41. The van der Waals surface area contributed by atoms with Gasteiger partial charge < -0.3 is 8.92 Å². The summed E-state index contributed by atoms with van der Waals surface area (Å²) in [5.41, 5.74) is -4.60. The Labute approximate surface area is 165 Å². The van der Waals surface area contributed by atoms with Gasteiger partial charge in [0.2, 0.25) is 0 Å². The maximum absolute atomic E-state index is 13.0. The Morgan fingerprint density at radius 2 is 2.03 bits per heavy atom. The van der Waals surface area contributed by atoms with E-state index in [4.69, 9.17) is 4.74 Å². The Kier molecular flexibility index (Phi) is 4.94. The lowest BCUT2D eigenvalue weighted by Gasteiger charge is -2.23. The first-order valence-corrected chi connectivity index (χ1v) is 10.7. The number of nitrogens with zero attached hydrogens (tertiary/aromatic N) is 2. The largest absolute Gasteiger partial charge is 0.534 e. The van der Waals surface area contributed by atoms with Gasteiger partial charge in [0, 0.05) is 12.0 Å². The smallest absolute Gasteiger partial charge is 0.375 e. The zero-order valence-corrected chi connectivity index (χ0v) is 16.4. The van der Waals surface area contributed by atoms with Crippen LogP contribution in [0.4, 0.5) is 13.2 Å². The van der Waals surface area contributed by atoms with Crippen LogP contribution in [0.25, 0.3) is 21.7 Å². The summed E-state index contributed by atoms with van der Waals surface area (Å²) in [7, 11) is -5.84. The number of aromatic nitrogens is 2. The van der Waals surface area contributed by atoms with Crippen LogP contribution < -0.4 is 4.18 Å². The molecule has 3 aromatic rings. The summed E-state index contributed by atoms with van der Waals surface area (Å²) in [4.78, 5) is 0. The van der Waals surface area contributed by atoms with Crippen molar-refractivity contribution in [1.82, 2.24) is 9.78 Å². The zero-order valence-electron chi connectivity index (χ0n) is 15.6. The number of hydrogen-bond donors (Lipinski definition) is 0. The van der Waals surface area contributed by atoms with Crippen LogP contribution in [0, 0.1) is 0 Å². The third kappa shape index (κ3) is 3.44. The lowest BCUT2D eigenvalue weighted by Crippen LogP contribution is -2.28. The SMILES string of the molecule is CCc1nn(C2CCCCO2)c2cc3ccccc3c(OS(=O)(=O)C(F)(F)F)c12. The van der Waals surface area contributed by atoms with Crippen molar-refractivity contribution in [3.63, 3.8) is 0 Å². The number of benzene rings is 2. The van der Waals surface area contributed by atoms with Crippen molar-refractivity contribution in [1.29, 1.82) is 0 Å². The van der Waals surface area contributed by atoms with Gasteiger partial charge in [0.05, 0.1) is 16.6 Å². The summed E-state index contributed by atoms with van der Waals surface area (Å²) >= 11 is 0. The first-order valence-electron chi connectivity index (χ1n) is 9.28. The van der Waals surface area contributed by atoms with Crippen LogP contribution in [0.3, 0.4) is 0 Å². The molecule has 1 fully saturated rings. The summed E-state index contributed by atoms with van der Waals surface area (Å²) in [6, 6.07) is 8.33. The molecule has 1 aromatic heterocycles. The first-order chi connectivity index (χ1) is 13.7. The first kappa shape index (κ1) is 20.0. The minimum atomic E-state index is -5.84. The van der Waals surface area contributed by atoms with Gasteiger partial charge in [-0.2, -0.15) is 26.7 Å². The Balaban J connectivity index is 2.02. The Morgan fingerprint density at radius 1 is 1.28 bits per heavy atom. The van der Waals surface area contributed by atoms with Gasteiger partial charge in [-0.15, -0.1) is 0 Å². The molecule has 2 aromatic carbocycles. The van der Waals surface area contributed by atoms with Gasteiger partial charge in [0.15, 0.2) is 12.0 Å². The average molecular weight is 428 g/mol. The van der Waals surface area contributed by atoms with Crippen LogP contribution in [0.1, 0.15) is 38.1 Å². The minimum absolute atomic E-state index is 0.258. The summed E-state index contributed by atoms with van der Waals surface area (Å²) in [5, 5.41) is 5.62. The van der Waals surface area contributed by atoms with Crippen molar-refractivity contribution in [3.05, 3.63) is 36.0 Å². The third-order valence-electron chi connectivity index (χ3n) is 4.98. The van der Waals surface area contributed by atoms with Crippen molar-refractivity contribution in [2.24, 2.45) is 0 Å². The molecule has 0 saturated carbocycles. The average Bonchev–Trinajstić information content (AvgIpc) is 3.06. The van der Waals surface area contributed by atoms with E-state index in [-0.39, 0.29) is 22.7 Å². The number of rotatable bonds is 4. The lowest BCUT2D eigenvalue weighted by atomic mass is 10.0. The quantitative estimate of drug-likeness (QED) is 0.446. The molecule has 1 atom stereocenters. The van der Waals surface area contributed by atoms with Crippen LogP contribution >= 0.6 is 0 Å². The topological polar surface area (TPSA) is 70.4 Å². The fourth-order valence-electron chi connectivity index (χ4n) is 3.62. The molecule has 10 heteroatoms. The summed E-state index contributed by atoms with van der Waals surface area (Å²) in [5.74, 6) is -0.352. The van der Waals surface area contributed by atoms with Crippen molar-refractivity contribution < 1.29 is 30.5 Å². The predicted molar refractivity (Wildman–Crippen MR) is 101 cm³/mol. The van der Waals surface area contributed by atoms with Crippen LogP contribution in [0.5, 0.6) is 5.75 Å². The summed E-state index contributed by atoms with van der Waals surface area (Å²) < 4.78 is 74.9. The van der Waals surface area contributed by atoms with Crippen LogP contribution in [0.2, 0.25) is 0 Å². The molecular weight excluding hydrogens is 409 g/mol. The van der Waals surface area contributed by atoms with Gasteiger partial charge in [0.1, 0.15) is 0 Å². The highest BCUT2D eigenvalue weighted by atomic mass is 32.2. The maximum Gasteiger partial charge on any atom is 0.534 e. The van der Waals surface area contributed by atoms with Gasteiger partial charge in [-0.05, 0) is 37.1 Å². The number of fused-ring (bicyclic) bond motifs is 2. The molecule has 1 aliphatic rings. The van der Waals surface area contributed by atoms with E-state index in [9.17, 15) is 21.6 Å². The zero-order chi connectivity index (χ0) is 20.8. The van der Waals surface area contributed by atoms with Crippen molar-refractivity contribution in [2.75, 3.05) is 6.61 Å². The standard InChI is InChI=1S/C19H19F3N2O4S/c1-2-14-17-15(24(23-14)16-9-5-6-10-27-16)11-12-7-3-4-8-13(12)18(17)28-29(25,26)19(20,21)22/h3-4,7-8,11,16H,2,5-6,9-10H2,1H3. The highest BCUT2D eigenvalue weighted by Crippen LogP contribution is 2.41. The van der Waals surface area contributed by atoms with E-state index in [1.165, 1.54) is 6.07 Å². The lowest BCUT2D eigenvalue weighted by molar-refractivity contribution is -0.0499. The van der Waals surface area contributed by atoms with E-state index in [2.05, 4.69) is 9.28 Å². The van der Waals surface area contributed by atoms with Crippen LogP contribution in [-0.4, -0.2) is 30.3 Å². The molecule has 1 unspecified atom stereocenters. The Bertz CT molecular complexity index is 1170. The molecule has 0 spiro atoms. The van der Waals surface area contributed by atoms with Crippen molar-refractivity contribution in [2.45, 2.75) is 44.3 Å². The van der Waals surface area contributed by atoms with Gasteiger partial charge >= 0.3 is 15.6 Å². The molecule has 0 bridgehead atoms. The van der Waals surface area contributed by atoms with Crippen LogP contribution in [-0.2, 0) is 21.3 Å². The van der Waals surface area contributed by atoms with Crippen molar-refractivity contribution >= 4 is 31.8 Å². The molecule has 0 amide bonds. The third-order valence-corrected chi connectivity index (χ3v) is 5.94. The number of aryl methyl sites for hydroxylation is 1. The van der Waals surface area contributed by atoms with Gasteiger partial charge in [-0.1, -0.05) is 31.2 Å². The molecule has 29 heavy (non-hydrogen) atoms. The molecule has 0 N–H and O–H groups in total. The number of hydrogen-bond acceptors (Lipinski definition) is 5. The van der Waals surface area contributed by atoms with E-state index in [1.54, 1.807) is 35.9 Å². The minimum Gasteiger partial charge on any atom is -0.375 e. The molecule has 4 rings (SSSR count). The Hall–Kier alpha value is -2.33. The second-order valence-electron chi connectivity index (χ2n) is 6.87. The molecule has 1 saturated heterocycles. The molecule has 1 aliphatic heterocycles. The van der Waals surface area contributed by atoms with Gasteiger partial charge in [-0.25, -0.2) is 4.68 Å². The highest BCUT2D eigenvalue weighted by molar-refractivity contribution is 7.88. The fraction of sp³-hybridized carbons (Fsp3) is 0.421. The van der Waals surface area contributed by atoms with Gasteiger partial charge in [0.25, 0.3) is 0 Å². The van der Waals surface area contributed by atoms with Crippen molar-refractivity contribution in [3.8, 4) is 5.75 Å². The van der Waals surface area contributed by atoms with E-state index in [0.29, 0.717) is 36.0 Å². The van der Waals surface area contributed by atoms with E-state index >= 15 is 0 Å². The summed E-state index contributed by atoms with van der Waals surface area (Å²) in [6.07, 6.45) is 2.60. The fourth-order valence-corrected chi connectivity index (χ4v) is 4.11. The molecule has 0 aliphatic carbocycles. The normalized spacial score (nSPS) is 18.4.